The SMILES string of the molecule is COC(=O)c1sc(N2CC(C)C3CCCCC32)nc1Cl. The number of ether oxygens (including phenoxy) is 1. The maximum Gasteiger partial charge on any atom is 0.351 e. The van der Waals surface area contributed by atoms with Crippen molar-refractivity contribution < 1.29 is 9.53 Å². The first kappa shape index (κ1) is 14.1. The molecule has 0 N–H and O–H groups in total. The van der Waals surface area contributed by atoms with Crippen LogP contribution in [0.25, 0.3) is 0 Å². The van der Waals surface area contributed by atoms with Gasteiger partial charge in [-0.15, -0.1) is 0 Å². The van der Waals surface area contributed by atoms with Gasteiger partial charge in [-0.2, -0.15) is 0 Å². The van der Waals surface area contributed by atoms with Crippen molar-refractivity contribution in [3.8, 4) is 0 Å². The number of carbonyl (C=O) groups is 1. The lowest BCUT2D eigenvalue weighted by Crippen LogP contribution is -2.34. The van der Waals surface area contributed by atoms with Gasteiger partial charge in [0.15, 0.2) is 15.2 Å². The molecule has 2 fully saturated rings. The lowest BCUT2D eigenvalue weighted by molar-refractivity contribution is 0.0606. The van der Waals surface area contributed by atoms with Gasteiger partial charge in [-0.05, 0) is 24.7 Å². The molecular weight excluding hydrogens is 296 g/mol. The highest BCUT2D eigenvalue weighted by Gasteiger charge is 2.42. The zero-order valence-electron chi connectivity index (χ0n) is 11.8. The van der Waals surface area contributed by atoms with Gasteiger partial charge in [0.05, 0.1) is 7.11 Å². The Morgan fingerprint density at radius 2 is 2.20 bits per heavy atom. The van der Waals surface area contributed by atoms with E-state index in [2.05, 4.69) is 16.8 Å². The van der Waals surface area contributed by atoms with Gasteiger partial charge in [-0.3, -0.25) is 0 Å². The molecule has 0 bridgehead atoms. The topological polar surface area (TPSA) is 42.4 Å². The fraction of sp³-hybridized carbons (Fsp3) is 0.714. The number of halogens is 1. The molecule has 3 rings (SSSR count). The summed E-state index contributed by atoms with van der Waals surface area (Å²) in [6, 6.07) is 0.562. The van der Waals surface area contributed by atoms with E-state index in [-0.39, 0.29) is 5.15 Å². The Balaban J connectivity index is 1.87. The van der Waals surface area contributed by atoms with Crippen molar-refractivity contribution in [2.75, 3.05) is 18.6 Å². The zero-order valence-corrected chi connectivity index (χ0v) is 13.3. The van der Waals surface area contributed by atoms with Crippen molar-refractivity contribution in [1.29, 1.82) is 0 Å². The first-order valence-electron chi connectivity index (χ1n) is 7.13. The minimum absolute atomic E-state index is 0.267. The van der Waals surface area contributed by atoms with Crippen LogP contribution in [0.4, 0.5) is 5.13 Å². The van der Waals surface area contributed by atoms with Crippen LogP contribution in [-0.2, 0) is 4.74 Å². The van der Waals surface area contributed by atoms with E-state index in [1.807, 2.05) is 0 Å². The van der Waals surface area contributed by atoms with Crippen LogP contribution in [0.1, 0.15) is 42.3 Å². The monoisotopic (exact) mass is 314 g/mol. The first-order valence-corrected chi connectivity index (χ1v) is 8.32. The number of nitrogens with zero attached hydrogens (tertiary/aromatic N) is 2. The van der Waals surface area contributed by atoms with Gasteiger partial charge >= 0.3 is 5.97 Å². The largest absolute Gasteiger partial charge is 0.465 e. The summed E-state index contributed by atoms with van der Waals surface area (Å²) in [5.41, 5.74) is 0. The molecule has 1 saturated heterocycles. The Morgan fingerprint density at radius 3 is 2.95 bits per heavy atom. The Hall–Kier alpha value is -0.810. The second-order valence-electron chi connectivity index (χ2n) is 5.75. The molecule has 1 aliphatic heterocycles. The predicted molar refractivity (Wildman–Crippen MR) is 80.7 cm³/mol. The van der Waals surface area contributed by atoms with E-state index in [4.69, 9.17) is 16.3 Å². The highest BCUT2D eigenvalue weighted by Crippen LogP contribution is 2.43. The van der Waals surface area contributed by atoms with E-state index in [0.29, 0.717) is 16.8 Å². The standard InChI is InChI=1S/C14H19ClN2O2S/c1-8-7-17(10-6-4-3-5-9(8)10)14-16-12(15)11(20-14)13(18)19-2/h8-10H,3-7H2,1-2H3. The first-order chi connectivity index (χ1) is 9.61. The van der Waals surface area contributed by atoms with Crippen LogP contribution in [0, 0.1) is 11.8 Å². The maximum atomic E-state index is 11.7. The lowest BCUT2D eigenvalue weighted by atomic mass is 9.80. The molecule has 20 heavy (non-hydrogen) atoms. The van der Waals surface area contributed by atoms with Crippen LogP contribution in [0.15, 0.2) is 0 Å². The van der Waals surface area contributed by atoms with Crippen molar-refractivity contribution in [3.05, 3.63) is 10.0 Å². The minimum Gasteiger partial charge on any atom is -0.465 e. The van der Waals surface area contributed by atoms with Crippen molar-refractivity contribution in [3.63, 3.8) is 0 Å². The lowest BCUT2D eigenvalue weighted by Gasteiger charge is -2.31. The highest BCUT2D eigenvalue weighted by atomic mass is 35.5. The van der Waals surface area contributed by atoms with Crippen molar-refractivity contribution in [2.24, 2.45) is 11.8 Å². The smallest absolute Gasteiger partial charge is 0.351 e. The van der Waals surface area contributed by atoms with Crippen molar-refractivity contribution in [2.45, 2.75) is 38.6 Å². The second-order valence-corrected chi connectivity index (χ2v) is 7.09. The summed E-state index contributed by atoms with van der Waals surface area (Å²) >= 11 is 7.44. The number of fused-ring (bicyclic) bond motifs is 1. The van der Waals surface area contributed by atoms with Crippen LogP contribution in [0.5, 0.6) is 0 Å². The number of hydrogen-bond acceptors (Lipinski definition) is 5. The third kappa shape index (κ3) is 2.31. The number of esters is 1. The van der Waals surface area contributed by atoms with Gasteiger partial charge in [0.2, 0.25) is 0 Å². The van der Waals surface area contributed by atoms with Crippen LogP contribution >= 0.6 is 22.9 Å². The van der Waals surface area contributed by atoms with E-state index in [9.17, 15) is 4.79 Å². The molecule has 2 heterocycles. The number of anilines is 1. The Bertz CT molecular complexity index is 519. The summed E-state index contributed by atoms with van der Waals surface area (Å²) < 4.78 is 4.75. The summed E-state index contributed by atoms with van der Waals surface area (Å²) in [4.78, 5) is 18.8. The third-order valence-corrected chi connectivity index (χ3v) is 6.05. The zero-order chi connectivity index (χ0) is 14.3. The summed E-state index contributed by atoms with van der Waals surface area (Å²) in [7, 11) is 1.37. The molecule has 4 nitrogen and oxygen atoms in total. The van der Waals surface area contributed by atoms with E-state index >= 15 is 0 Å². The van der Waals surface area contributed by atoms with E-state index < -0.39 is 5.97 Å². The number of aromatic nitrogens is 1. The third-order valence-electron chi connectivity index (χ3n) is 4.59. The number of thiazole rings is 1. The Labute approximate surface area is 128 Å². The summed E-state index contributed by atoms with van der Waals surface area (Å²) in [5.74, 6) is 1.05. The molecule has 1 aromatic heterocycles. The van der Waals surface area contributed by atoms with E-state index in [1.165, 1.54) is 44.1 Å². The molecular formula is C14H19ClN2O2S. The summed E-state index contributed by atoms with van der Waals surface area (Å²) in [6.45, 7) is 3.33. The van der Waals surface area contributed by atoms with Gasteiger partial charge in [0.1, 0.15) is 0 Å². The van der Waals surface area contributed by atoms with Gasteiger partial charge < -0.3 is 9.64 Å². The fourth-order valence-corrected chi connectivity index (χ4v) is 4.89. The molecule has 1 saturated carbocycles. The van der Waals surface area contributed by atoms with Gasteiger partial charge in [0.25, 0.3) is 0 Å². The van der Waals surface area contributed by atoms with Gasteiger partial charge in [0, 0.05) is 12.6 Å². The van der Waals surface area contributed by atoms with E-state index in [0.717, 1.165) is 17.6 Å². The molecule has 6 heteroatoms. The summed E-state index contributed by atoms with van der Waals surface area (Å²) in [6.07, 6.45) is 5.16. The molecule has 0 aromatic carbocycles. The molecule has 0 radical (unpaired) electrons. The maximum absolute atomic E-state index is 11.7. The number of hydrogen-bond donors (Lipinski definition) is 0. The normalized spacial score (nSPS) is 29.4. The molecule has 0 spiro atoms. The highest BCUT2D eigenvalue weighted by molar-refractivity contribution is 7.18. The van der Waals surface area contributed by atoms with Crippen LogP contribution in [0.2, 0.25) is 5.15 Å². The van der Waals surface area contributed by atoms with Crippen molar-refractivity contribution in [1.82, 2.24) is 4.98 Å². The summed E-state index contributed by atoms with van der Waals surface area (Å²) in [5, 5.41) is 1.14. The van der Waals surface area contributed by atoms with Crippen LogP contribution in [-0.4, -0.2) is 30.6 Å². The Morgan fingerprint density at radius 1 is 1.45 bits per heavy atom. The number of methoxy groups -OCH3 is 1. The molecule has 110 valence electrons. The number of carbonyl (C=O) groups excluding carboxylic acids is 1. The fourth-order valence-electron chi connectivity index (χ4n) is 3.62. The van der Waals surface area contributed by atoms with Crippen LogP contribution < -0.4 is 4.90 Å². The van der Waals surface area contributed by atoms with Gasteiger partial charge in [-0.25, -0.2) is 9.78 Å². The Kier molecular flexibility index (Phi) is 3.91. The second kappa shape index (κ2) is 5.53. The average Bonchev–Trinajstić information content (AvgIpc) is 3.00. The van der Waals surface area contributed by atoms with Crippen molar-refractivity contribution >= 4 is 34.0 Å². The predicted octanol–water partition coefficient (Wildman–Crippen LogP) is 3.60. The van der Waals surface area contributed by atoms with E-state index in [1.54, 1.807) is 0 Å². The average molecular weight is 315 g/mol. The quantitative estimate of drug-likeness (QED) is 0.782. The van der Waals surface area contributed by atoms with Gasteiger partial charge in [-0.1, -0.05) is 42.7 Å². The molecule has 1 aromatic rings. The number of rotatable bonds is 2. The van der Waals surface area contributed by atoms with Crippen LogP contribution in [0.3, 0.4) is 0 Å². The molecule has 2 aliphatic rings. The minimum atomic E-state index is -0.397. The molecule has 3 atom stereocenters. The molecule has 1 aliphatic carbocycles. The molecule has 3 unspecified atom stereocenters. The molecule has 0 amide bonds.